The molecule has 1 saturated heterocycles. The van der Waals surface area contributed by atoms with Crippen molar-refractivity contribution < 1.29 is 9.90 Å². The van der Waals surface area contributed by atoms with Gasteiger partial charge in [0.05, 0.1) is 0 Å². The zero-order valence-corrected chi connectivity index (χ0v) is 13.0. The Bertz CT molecular complexity index is 439. The quantitative estimate of drug-likeness (QED) is 0.898. The predicted octanol–water partition coefficient (Wildman–Crippen LogP) is 1.74. The molecule has 0 unspecified atom stereocenters. The number of hydrogen-bond donors (Lipinski definition) is 1. The molecule has 1 atom stereocenters. The Kier molecular flexibility index (Phi) is 5.76. The molecular formula is C17H26N2O2. The summed E-state index contributed by atoms with van der Waals surface area (Å²) in [4.78, 5) is 16.3. The first-order valence-corrected chi connectivity index (χ1v) is 7.79. The molecule has 1 aliphatic rings. The number of carbonyl (C=O) groups excluding carboxylic acids is 1. The predicted molar refractivity (Wildman–Crippen MR) is 83.8 cm³/mol. The lowest BCUT2D eigenvalue weighted by molar-refractivity contribution is -0.142. The van der Waals surface area contributed by atoms with Crippen LogP contribution in [0.5, 0.6) is 0 Å². The molecule has 1 aromatic rings. The van der Waals surface area contributed by atoms with Crippen LogP contribution in [0.4, 0.5) is 0 Å². The van der Waals surface area contributed by atoms with Crippen molar-refractivity contribution >= 4 is 5.91 Å². The molecule has 1 fully saturated rings. The molecule has 0 saturated carbocycles. The molecule has 0 radical (unpaired) electrons. The molecule has 0 spiro atoms. The van der Waals surface area contributed by atoms with E-state index in [-0.39, 0.29) is 5.91 Å². The summed E-state index contributed by atoms with van der Waals surface area (Å²) in [6.07, 6.45) is -0.297. The van der Waals surface area contributed by atoms with E-state index in [1.54, 1.807) is 4.90 Å². The van der Waals surface area contributed by atoms with Crippen LogP contribution in [0.25, 0.3) is 0 Å². The first-order chi connectivity index (χ1) is 10.1. The fourth-order valence-corrected chi connectivity index (χ4v) is 2.73. The van der Waals surface area contributed by atoms with Crippen LogP contribution in [-0.4, -0.2) is 53.1 Å². The Hall–Kier alpha value is -1.39. The van der Waals surface area contributed by atoms with Gasteiger partial charge in [0.25, 0.3) is 5.91 Å². The smallest absolute Gasteiger partial charge is 0.251 e. The second-order valence-electron chi connectivity index (χ2n) is 6.23. The van der Waals surface area contributed by atoms with Crippen LogP contribution in [-0.2, 0) is 11.3 Å². The van der Waals surface area contributed by atoms with Gasteiger partial charge >= 0.3 is 0 Å². The number of hydrogen-bond acceptors (Lipinski definition) is 3. The van der Waals surface area contributed by atoms with Crippen molar-refractivity contribution in [1.82, 2.24) is 9.80 Å². The third-order valence-electron chi connectivity index (χ3n) is 3.91. The number of aliphatic hydroxyl groups is 1. The van der Waals surface area contributed by atoms with E-state index < -0.39 is 6.10 Å². The van der Waals surface area contributed by atoms with E-state index in [1.165, 1.54) is 5.56 Å². The van der Waals surface area contributed by atoms with Gasteiger partial charge in [-0.1, -0.05) is 44.2 Å². The molecule has 0 bridgehead atoms. The van der Waals surface area contributed by atoms with Gasteiger partial charge in [-0.15, -0.1) is 0 Å². The van der Waals surface area contributed by atoms with Crippen LogP contribution >= 0.6 is 0 Å². The van der Waals surface area contributed by atoms with E-state index >= 15 is 0 Å². The Morgan fingerprint density at radius 3 is 2.33 bits per heavy atom. The Labute approximate surface area is 127 Å². The first-order valence-electron chi connectivity index (χ1n) is 7.79. The van der Waals surface area contributed by atoms with Gasteiger partial charge in [0.1, 0.15) is 6.10 Å². The molecule has 1 N–H and O–H groups in total. The van der Waals surface area contributed by atoms with Crippen molar-refractivity contribution in [2.45, 2.75) is 32.9 Å². The minimum Gasteiger partial charge on any atom is -0.383 e. The van der Waals surface area contributed by atoms with Crippen molar-refractivity contribution in [2.24, 2.45) is 5.92 Å². The average Bonchev–Trinajstić information content (AvgIpc) is 2.47. The lowest BCUT2D eigenvalue weighted by Gasteiger charge is -2.35. The van der Waals surface area contributed by atoms with Crippen LogP contribution in [0.2, 0.25) is 0 Å². The molecule has 21 heavy (non-hydrogen) atoms. The van der Waals surface area contributed by atoms with E-state index in [0.29, 0.717) is 25.4 Å². The topological polar surface area (TPSA) is 43.8 Å². The van der Waals surface area contributed by atoms with E-state index in [2.05, 4.69) is 29.2 Å². The summed E-state index contributed by atoms with van der Waals surface area (Å²) in [6, 6.07) is 10.4. The molecular weight excluding hydrogens is 264 g/mol. The van der Waals surface area contributed by atoms with Gasteiger partial charge in [0, 0.05) is 32.7 Å². The van der Waals surface area contributed by atoms with Crippen molar-refractivity contribution in [1.29, 1.82) is 0 Å². The fourth-order valence-electron chi connectivity index (χ4n) is 2.73. The van der Waals surface area contributed by atoms with E-state index in [1.807, 2.05) is 19.9 Å². The molecule has 116 valence electrons. The summed E-state index contributed by atoms with van der Waals surface area (Å²) in [5.41, 5.74) is 1.30. The van der Waals surface area contributed by atoms with Gasteiger partial charge in [-0.25, -0.2) is 0 Å². The monoisotopic (exact) mass is 290 g/mol. The van der Waals surface area contributed by atoms with E-state index in [4.69, 9.17) is 0 Å². The van der Waals surface area contributed by atoms with Crippen molar-refractivity contribution in [3.63, 3.8) is 0 Å². The molecule has 0 aliphatic carbocycles. The van der Waals surface area contributed by atoms with Crippen molar-refractivity contribution in [2.75, 3.05) is 26.2 Å². The normalized spacial score (nSPS) is 18.0. The number of amides is 1. The van der Waals surface area contributed by atoms with E-state index in [0.717, 1.165) is 19.6 Å². The van der Waals surface area contributed by atoms with Crippen LogP contribution < -0.4 is 0 Å². The zero-order valence-electron chi connectivity index (χ0n) is 13.0. The van der Waals surface area contributed by atoms with Gasteiger partial charge in [-0.3, -0.25) is 9.69 Å². The first kappa shape index (κ1) is 16.0. The maximum absolute atomic E-state index is 12.2. The number of benzene rings is 1. The van der Waals surface area contributed by atoms with Crippen LogP contribution in [0.1, 0.15) is 25.8 Å². The highest BCUT2D eigenvalue weighted by molar-refractivity contribution is 5.80. The summed E-state index contributed by atoms with van der Waals surface area (Å²) in [5.74, 6) is 0.228. The Morgan fingerprint density at radius 2 is 1.76 bits per heavy atom. The van der Waals surface area contributed by atoms with Gasteiger partial charge in [-0.2, -0.15) is 0 Å². The number of rotatable bonds is 5. The van der Waals surface area contributed by atoms with Gasteiger partial charge in [0.15, 0.2) is 0 Å². The third-order valence-corrected chi connectivity index (χ3v) is 3.91. The lowest BCUT2D eigenvalue weighted by Crippen LogP contribution is -2.51. The standard InChI is InChI=1S/C17H26N2O2/c1-14(2)12-16(20)17(21)19-10-8-18(9-11-19)13-15-6-4-3-5-7-15/h3-7,14,16,20H,8-13H2,1-2H3/t16-/m1/s1. The SMILES string of the molecule is CC(C)C[C@@H](O)C(=O)N1CCN(Cc2ccccc2)CC1. The third kappa shape index (κ3) is 4.83. The zero-order chi connectivity index (χ0) is 15.2. The molecule has 1 amide bonds. The summed E-state index contributed by atoms with van der Waals surface area (Å²) in [5, 5.41) is 9.94. The van der Waals surface area contributed by atoms with Gasteiger partial charge in [0.2, 0.25) is 0 Å². The van der Waals surface area contributed by atoms with Crippen molar-refractivity contribution in [3.8, 4) is 0 Å². The highest BCUT2D eigenvalue weighted by Gasteiger charge is 2.26. The minimum absolute atomic E-state index is 0.108. The van der Waals surface area contributed by atoms with Crippen LogP contribution in [0.3, 0.4) is 0 Å². The highest BCUT2D eigenvalue weighted by Crippen LogP contribution is 2.12. The van der Waals surface area contributed by atoms with Crippen molar-refractivity contribution in [3.05, 3.63) is 35.9 Å². The number of aliphatic hydroxyl groups excluding tert-OH is 1. The maximum Gasteiger partial charge on any atom is 0.251 e. The fraction of sp³-hybridized carbons (Fsp3) is 0.588. The minimum atomic E-state index is -0.842. The second kappa shape index (κ2) is 7.57. The van der Waals surface area contributed by atoms with Gasteiger partial charge < -0.3 is 10.0 Å². The largest absolute Gasteiger partial charge is 0.383 e. The molecule has 2 rings (SSSR count). The van der Waals surface area contributed by atoms with Crippen LogP contribution in [0, 0.1) is 5.92 Å². The maximum atomic E-state index is 12.2. The molecule has 4 nitrogen and oxygen atoms in total. The molecule has 1 aliphatic heterocycles. The summed E-state index contributed by atoms with van der Waals surface area (Å²) in [6.45, 7) is 8.13. The summed E-state index contributed by atoms with van der Waals surface area (Å²) >= 11 is 0. The van der Waals surface area contributed by atoms with E-state index in [9.17, 15) is 9.90 Å². The Balaban J connectivity index is 1.79. The summed E-state index contributed by atoms with van der Waals surface area (Å²) in [7, 11) is 0. The Morgan fingerprint density at radius 1 is 1.14 bits per heavy atom. The second-order valence-corrected chi connectivity index (χ2v) is 6.23. The lowest BCUT2D eigenvalue weighted by atomic mass is 10.0. The molecule has 4 heteroatoms. The number of carbonyl (C=O) groups is 1. The van der Waals surface area contributed by atoms with Crippen LogP contribution in [0.15, 0.2) is 30.3 Å². The van der Waals surface area contributed by atoms with Gasteiger partial charge in [-0.05, 0) is 17.9 Å². The highest BCUT2D eigenvalue weighted by atomic mass is 16.3. The number of piperazine rings is 1. The molecule has 0 aromatic heterocycles. The summed E-state index contributed by atoms with van der Waals surface area (Å²) < 4.78 is 0. The average molecular weight is 290 g/mol. The molecule has 1 heterocycles. The number of nitrogens with zero attached hydrogens (tertiary/aromatic N) is 2. The molecule has 1 aromatic carbocycles.